The van der Waals surface area contributed by atoms with Gasteiger partial charge in [0.15, 0.2) is 0 Å². The number of ether oxygens (including phenoxy) is 2. The van der Waals surface area contributed by atoms with E-state index in [0.29, 0.717) is 12.2 Å². The number of hydrogen-bond acceptors (Lipinski definition) is 3. The third-order valence-electron chi connectivity index (χ3n) is 3.39. The molecule has 0 saturated heterocycles. The number of fused-ring (bicyclic) bond motifs is 1. The van der Waals surface area contributed by atoms with Crippen molar-refractivity contribution in [2.45, 2.75) is 19.3 Å². The van der Waals surface area contributed by atoms with Crippen molar-refractivity contribution in [1.82, 2.24) is 0 Å². The van der Waals surface area contributed by atoms with Gasteiger partial charge in [0.25, 0.3) is 0 Å². The first-order chi connectivity index (χ1) is 9.00. The summed E-state index contributed by atoms with van der Waals surface area (Å²) >= 11 is 2.39. The highest BCUT2D eigenvalue weighted by Gasteiger charge is 2.35. The molecule has 2 rings (SSSR count). The molecule has 1 aliphatic rings. The molecule has 0 fully saturated rings. The Balaban J connectivity index is 2.37. The van der Waals surface area contributed by atoms with Gasteiger partial charge in [0.1, 0.15) is 5.75 Å². The largest absolute Gasteiger partial charge is 0.492 e. The monoisotopic (exact) mass is 372 g/mol. The van der Waals surface area contributed by atoms with Gasteiger partial charge in [0.2, 0.25) is 0 Å². The number of benzene rings is 1. The zero-order valence-corrected chi connectivity index (χ0v) is 13.5. The van der Waals surface area contributed by atoms with Crippen molar-refractivity contribution in [3.63, 3.8) is 0 Å². The molecule has 0 bridgehead atoms. The van der Waals surface area contributed by atoms with Crippen molar-refractivity contribution in [2.75, 3.05) is 18.1 Å². The van der Waals surface area contributed by atoms with Gasteiger partial charge in [-0.25, -0.2) is 4.79 Å². The average molecular weight is 372 g/mol. The van der Waals surface area contributed by atoms with Gasteiger partial charge in [0.05, 0.1) is 13.7 Å². The fourth-order valence-electron chi connectivity index (χ4n) is 2.13. The van der Waals surface area contributed by atoms with E-state index in [1.54, 1.807) is 6.92 Å². The van der Waals surface area contributed by atoms with E-state index >= 15 is 0 Å². The summed E-state index contributed by atoms with van der Waals surface area (Å²) in [6, 6.07) is 6.04. The third kappa shape index (κ3) is 2.78. The SMILES string of the molecule is COC(=O)/C(C)=C/c1ccc2c(c1)C(C)(CI)CO2. The van der Waals surface area contributed by atoms with E-state index in [0.717, 1.165) is 15.7 Å². The highest BCUT2D eigenvalue weighted by atomic mass is 127. The summed E-state index contributed by atoms with van der Waals surface area (Å²) in [6.07, 6.45) is 1.85. The van der Waals surface area contributed by atoms with Crippen LogP contribution in [0.3, 0.4) is 0 Å². The Kier molecular flexibility index (Phi) is 4.18. The minimum absolute atomic E-state index is 0.0545. The lowest BCUT2D eigenvalue weighted by Gasteiger charge is -2.19. The van der Waals surface area contributed by atoms with Gasteiger partial charge in [-0.15, -0.1) is 0 Å². The number of methoxy groups -OCH3 is 1. The second kappa shape index (κ2) is 5.53. The molecule has 0 amide bonds. The quantitative estimate of drug-likeness (QED) is 0.353. The maximum atomic E-state index is 11.4. The van der Waals surface area contributed by atoms with Gasteiger partial charge in [-0.1, -0.05) is 35.6 Å². The van der Waals surface area contributed by atoms with Crippen LogP contribution in [0, 0.1) is 0 Å². The number of esters is 1. The molecule has 0 N–H and O–H groups in total. The summed E-state index contributed by atoms with van der Waals surface area (Å²) in [4.78, 5) is 11.4. The normalized spacial score (nSPS) is 21.8. The maximum Gasteiger partial charge on any atom is 0.333 e. The van der Waals surface area contributed by atoms with Crippen LogP contribution in [0.15, 0.2) is 23.8 Å². The molecular weight excluding hydrogens is 355 g/mol. The third-order valence-corrected chi connectivity index (χ3v) is 5.07. The first kappa shape index (κ1) is 14.4. The van der Waals surface area contributed by atoms with E-state index in [9.17, 15) is 4.79 Å². The molecule has 3 nitrogen and oxygen atoms in total. The Bertz CT molecular complexity index is 536. The molecule has 0 aromatic heterocycles. The summed E-state index contributed by atoms with van der Waals surface area (Å²) < 4.78 is 11.4. The van der Waals surface area contributed by atoms with E-state index in [1.165, 1.54) is 12.7 Å². The molecule has 1 aromatic rings. The molecule has 1 unspecified atom stereocenters. The molecule has 4 heteroatoms. The van der Waals surface area contributed by atoms with Crippen LogP contribution in [0.2, 0.25) is 0 Å². The second-order valence-corrected chi connectivity index (χ2v) is 5.82. The van der Waals surface area contributed by atoms with Crippen LogP contribution >= 0.6 is 22.6 Å². The average Bonchev–Trinajstić information content (AvgIpc) is 2.76. The highest BCUT2D eigenvalue weighted by Crippen LogP contribution is 2.40. The van der Waals surface area contributed by atoms with Gasteiger partial charge in [-0.3, -0.25) is 0 Å². The number of halogens is 1. The highest BCUT2D eigenvalue weighted by molar-refractivity contribution is 14.1. The summed E-state index contributed by atoms with van der Waals surface area (Å²) in [7, 11) is 1.39. The standard InChI is InChI=1S/C15H17IO3/c1-10(14(17)18-3)6-11-4-5-13-12(7-11)15(2,8-16)9-19-13/h4-7H,8-9H2,1-3H3/b10-6+. The molecular formula is C15H17IO3. The topological polar surface area (TPSA) is 35.5 Å². The zero-order valence-electron chi connectivity index (χ0n) is 11.3. The van der Waals surface area contributed by atoms with Crippen molar-refractivity contribution in [2.24, 2.45) is 0 Å². The van der Waals surface area contributed by atoms with Crippen molar-refractivity contribution in [3.8, 4) is 5.75 Å². The van der Waals surface area contributed by atoms with Crippen molar-refractivity contribution in [3.05, 3.63) is 34.9 Å². The van der Waals surface area contributed by atoms with Gasteiger partial charge in [-0.05, 0) is 30.7 Å². The van der Waals surface area contributed by atoms with Crippen LogP contribution in [-0.4, -0.2) is 24.1 Å². The van der Waals surface area contributed by atoms with Crippen LogP contribution in [0.1, 0.15) is 25.0 Å². The molecule has 1 atom stereocenters. The first-order valence-corrected chi connectivity index (χ1v) is 7.62. The minimum atomic E-state index is -0.298. The molecule has 102 valence electrons. The van der Waals surface area contributed by atoms with Gasteiger partial charge in [-0.2, -0.15) is 0 Å². The Morgan fingerprint density at radius 3 is 2.95 bits per heavy atom. The molecule has 0 aliphatic carbocycles. The summed E-state index contributed by atoms with van der Waals surface area (Å²) in [5.74, 6) is 0.653. The fraction of sp³-hybridized carbons (Fsp3) is 0.400. The van der Waals surface area contributed by atoms with E-state index < -0.39 is 0 Å². The van der Waals surface area contributed by atoms with E-state index in [-0.39, 0.29) is 11.4 Å². The Hall–Kier alpha value is -1.04. The Morgan fingerprint density at radius 1 is 1.58 bits per heavy atom. The number of rotatable bonds is 3. The second-order valence-electron chi connectivity index (χ2n) is 5.06. The molecule has 0 spiro atoms. The smallest absolute Gasteiger partial charge is 0.333 e. The molecule has 1 aromatic carbocycles. The summed E-state index contributed by atoms with van der Waals surface area (Å²) in [5, 5.41) is 0. The predicted octanol–water partition coefficient (Wildman–Crippen LogP) is 3.35. The number of carbonyl (C=O) groups is 1. The zero-order chi connectivity index (χ0) is 14.0. The van der Waals surface area contributed by atoms with Crippen molar-refractivity contribution >= 4 is 34.6 Å². The van der Waals surface area contributed by atoms with Gasteiger partial charge < -0.3 is 9.47 Å². The predicted molar refractivity (Wildman–Crippen MR) is 83.8 cm³/mol. The van der Waals surface area contributed by atoms with Crippen molar-refractivity contribution in [1.29, 1.82) is 0 Å². The molecule has 19 heavy (non-hydrogen) atoms. The van der Waals surface area contributed by atoms with Crippen molar-refractivity contribution < 1.29 is 14.3 Å². The molecule has 1 heterocycles. The lowest BCUT2D eigenvalue weighted by molar-refractivity contribution is -0.135. The molecule has 1 aliphatic heterocycles. The van der Waals surface area contributed by atoms with Gasteiger partial charge in [0, 0.05) is 21.0 Å². The van der Waals surface area contributed by atoms with Crippen LogP contribution in [0.5, 0.6) is 5.75 Å². The van der Waals surface area contributed by atoms with Crippen LogP contribution in [-0.2, 0) is 14.9 Å². The fourth-order valence-corrected chi connectivity index (χ4v) is 2.76. The van der Waals surface area contributed by atoms with E-state index in [4.69, 9.17) is 9.47 Å². The van der Waals surface area contributed by atoms with Crippen LogP contribution < -0.4 is 4.74 Å². The molecule has 0 radical (unpaired) electrons. The lowest BCUT2D eigenvalue weighted by Crippen LogP contribution is -2.25. The minimum Gasteiger partial charge on any atom is -0.492 e. The summed E-state index contributed by atoms with van der Waals surface area (Å²) in [6.45, 7) is 4.67. The maximum absolute atomic E-state index is 11.4. The van der Waals surface area contributed by atoms with E-state index in [2.05, 4.69) is 35.6 Å². The first-order valence-electron chi connectivity index (χ1n) is 6.10. The molecule has 0 saturated carbocycles. The number of alkyl halides is 1. The summed E-state index contributed by atoms with van der Waals surface area (Å²) in [5.41, 5.74) is 2.87. The van der Waals surface area contributed by atoms with E-state index in [1.807, 2.05) is 18.2 Å². The number of hydrogen-bond donors (Lipinski definition) is 0. The van der Waals surface area contributed by atoms with Crippen LogP contribution in [0.4, 0.5) is 0 Å². The Labute approximate surface area is 127 Å². The van der Waals surface area contributed by atoms with Gasteiger partial charge >= 0.3 is 5.97 Å². The number of carbonyl (C=O) groups excluding carboxylic acids is 1. The Morgan fingerprint density at radius 2 is 2.32 bits per heavy atom. The lowest BCUT2D eigenvalue weighted by atomic mass is 9.86. The van der Waals surface area contributed by atoms with Crippen LogP contribution in [0.25, 0.3) is 6.08 Å².